The minimum absolute atomic E-state index is 0.0575. The third-order valence-corrected chi connectivity index (χ3v) is 6.61. The minimum Gasteiger partial charge on any atom is -0.378 e. The Hall–Kier alpha value is -1.91. The van der Waals surface area contributed by atoms with E-state index in [-0.39, 0.29) is 16.8 Å². The van der Waals surface area contributed by atoms with Gasteiger partial charge in [0.2, 0.25) is 0 Å². The van der Waals surface area contributed by atoms with E-state index >= 15 is 0 Å². The van der Waals surface area contributed by atoms with Crippen molar-refractivity contribution in [1.29, 1.82) is 0 Å². The fourth-order valence-electron chi connectivity index (χ4n) is 4.56. The fourth-order valence-corrected chi connectivity index (χ4v) is 4.56. The number of halogens is 1. The predicted octanol–water partition coefficient (Wildman–Crippen LogP) is 4.26. The quantitative estimate of drug-likeness (QED) is 0.672. The summed E-state index contributed by atoms with van der Waals surface area (Å²) < 4.78 is 19.7. The molecular weight excluding hydrogens is 363 g/mol. The molecule has 0 aromatic heterocycles. The molecule has 0 amide bonds. The lowest BCUT2D eigenvalue weighted by Gasteiger charge is -2.46. The number of anilines is 1. The lowest BCUT2D eigenvalue weighted by Crippen LogP contribution is -2.83. The first-order chi connectivity index (χ1) is 13.9. The van der Waals surface area contributed by atoms with Crippen molar-refractivity contribution in [3.8, 4) is 0 Å². The lowest BCUT2D eigenvalue weighted by molar-refractivity contribution is -0.672. The van der Waals surface area contributed by atoms with Crippen molar-refractivity contribution in [3.63, 3.8) is 0 Å². The maximum absolute atomic E-state index is 13.5. The summed E-state index contributed by atoms with van der Waals surface area (Å²) in [7, 11) is 4.13. The standard InChI is InChI=1S/C25H35FN2O/c1-5-24(2)19-25(15-17-29-24,21-8-10-22(26)11-9-21)14-16-27-18-20-6-12-23(13-7-20)28(3)4/h6-13,27H,5,14-19H2,1-4H3/p+1/t24-,25+/m0/s1. The summed E-state index contributed by atoms with van der Waals surface area (Å²) in [6, 6.07) is 15.9. The molecule has 2 aromatic rings. The molecule has 0 bridgehead atoms. The van der Waals surface area contributed by atoms with Crippen LogP contribution in [0.4, 0.5) is 10.1 Å². The smallest absolute Gasteiger partial charge is 0.123 e. The molecule has 0 spiro atoms. The Morgan fingerprint density at radius 2 is 1.76 bits per heavy atom. The molecule has 0 aliphatic carbocycles. The third-order valence-electron chi connectivity index (χ3n) is 6.61. The first-order valence-corrected chi connectivity index (χ1v) is 10.8. The lowest BCUT2D eigenvalue weighted by atomic mass is 9.66. The number of benzene rings is 2. The van der Waals surface area contributed by atoms with Crippen LogP contribution in [-0.4, -0.2) is 32.8 Å². The number of hydrogen-bond acceptors (Lipinski definition) is 2. The number of quaternary nitrogens is 1. The van der Waals surface area contributed by atoms with Gasteiger partial charge in [-0.05, 0) is 56.0 Å². The molecule has 158 valence electrons. The van der Waals surface area contributed by atoms with Crippen LogP contribution < -0.4 is 10.2 Å². The molecule has 29 heavy (non-hydrogen) atoms. The van der Waals surface area contributed by atoms with E-state index in [1.54, 1.807) is 12.1 Å². The van der Waals surface area contributed by atoms with Crippen molar-refractivity contribution in [2.75, 3.05) is 32.1 Å². The van der Waals surface area contributed by atoms with Gasteiger partial charge < -0.3 is 15.0 Å². The molecule has 2 N–H and O–H groups in total. The van der Waals surface area contributed by atoms with Crippen molar-refractivity contribution >= 4 is 5.69 Å². The summed E-state index contributed by atoms with van der Waals surface area (Å²) in [5, 5.41) is 2.40. The van der Waals surface area contributed by atoms with E-state index in [9.17, 15) is 4.39 Å². The van der Waals surface area contributed by atoms with Gasteiger partial charge >= 0.3 is 0 Å². The minimum atomic E-state index is -0.165. The number of nitrogens with two attached hydrogens (primary N) is 1. The monoisotopic (exact) mass is 399 g/mol. The Kier molecular flexibility index (Phi) is 6.97. The molecule has 3 rings (SSSR count). The van der Waals surface area contributed by atoms with E-state index in [4.69, 9.17) is 4.74 Å². The van der Waals surface area contributed by atoms with Crippen molar-refractivity contribution < 1.29 is 14.4 Å². The van der Waals surface area contributed by atoms with E-state index in [1.165, 1.54) is 16.8 Å². The highest BCUT2D eigenvalue weighted by Gasteiger charge is 2.43. The molecule has 1 aliphatic rings. The second-order valence-corrected chi connectivity index (χ2v) is 8.96. The van der Waals surface area contributed by atoms with Crippen molar-refractivity contribution in [1.82, 2.24) is 0 Å². The van der Waals surface area contributed by atoms with Gasteiger partial charge in [0.1, 0.15) is 12.4 Å². The van der Waals surface area contributed by atoms with Gasteiger partial charge in [-0.25, -0.2) is 4.39 Å². The van der Waals surface area contributed by atoms with E-state index in [0.717, 1.165) is 45.4 Å². The van der Waals surface area contributed by atoms with E-state index < -0.39 is 0 Å². The van der Waals surface area contributed by atoms with Crippen LogP contribution in [0, 0.1) is 5.82 Å². The SMILES string of the molecule is CC[C@@]1(C)C[C@](CC[NH2+]Cc2ccc(N(C)C)cc2)(c2ccc(F)cc2)CCO1. The van der Waals surface area contributed by atoms with Gasteiger partial charge in [-0.1, -0.05) is 31.2 Å². The zero-order valence-corrected chi connectivity index (χ0v) is 18.4. The first kappa shape index (κ1) is 21.8. The average Bonchev–Trinajstić information content (AvgIpc) is 2.72. The van der Waals surface area contributed by atoms with Gasteiger partial charge in [0.25, 0.3) is 0 Å². The Morgan fingerprint density at radius 1 is 1.07 bits per heavy atom. The van der Waals surface area contributed by atoms with Gasteiger partial charge in [0, 0.05) is 43.8 Å². The molecule has 2 aromatic carbocycles. The molecule has 1 aliphatic heterocycles. The van der Waals surface area contributed by atoms with E-state index in [0.29, 0.717) is 0 Å². The number of hydrogen-bond donors (Lipinski definition) is 1. The first-order valence-electron chi connectivity index (χ1n) is 10.8. The summed E-state index contributed by atoms with van der Waals surface area (Å²) >= 11 is 0. The number of ether oxygens (including phenoxy) is 1. The summed E-state index contributed by atoms with van der Waals surface area (Å²) in [5.74, 6) is -0.165. The Bertz CT molecular complexity index is 774. The summed E-state index contributed by atoms with van der Waals surface area (Å²) in [6.07, 6.45) is 4.07. The zero-order valence-electron chi connectivity index (χ0n) is 18.4. The van der Waals surface area contributed by atoms with Crippen LogP contribution >= 0.6 is 0 Å². The molecule has 2 atom stereocenters. The van der Waals surface area contributed by atoms with E-state index in [1.807, 2.05) is 12.1 Å². The highest BCUT2D eigenvalue weighted by Crippen LogP contribution is 2.44. The average molecular weight is 400 g/mol. The molecule has 4 heteroatoms. The van der Waals surface area contributed by atoms with Gasteiger partial charge in [0.05, 0.1) is 12.1 Å². The van der Waals surface area contributed by atoms with Crippen LogP contribution in [0.15, 0.2) is 48.5 Å². The van der Waals surface area contributed by atoms with Crippen LogP contribution in [0.1, 0.15) is 50.7 Å². The molecule has 1 fully saturated rings. The second kappa shape index (κ2) is 9.27. The van der Waals surface area contributed by atoms with Gasteiger partial charge in [0.15, 0.2) is 0 Å². The van der Waals surface area contributed by atoms with Crippen LogP contribution in [0.3, 0.4) is 0 Å². The number of nitrogens with zero attached hydrogens (tertiary/aromatic N) is 1. The Balaban J connectivity index is 1.66. The predicted molar refractivity (Wildman–Crippen MR) is 118 cm³/mol. The Morgan fingerprint density at radius 3 is 2.38 bits per heavy atom. The molecule has 1 heterocycles. The van der Waals surface area contributed by atoms with Gasteiger partial charge in [-0.3, -0.25) is 0 Å². The van der Waals surface area contributed by atoms with Crippen LogP contribution in [0.2, 0.25) is 0 Å². The van der Waals surface area contributed by atoms with Gasteiger partial charge in [-0.15, -0.1) is 0 Å². The molecule has 1 saturated heterocycles. The summed E-state index contributed by atoms with van der Waals surface area (Å²) in [4.78, 5) is 2.12. The molecule has 0 unspecified atom stereocenters. The van der Waals surface area contributed by atoms with E-state index in [2.05, 4.69) is 62.4 Å². The van der Waals surface area contributed by atoms with Crippen LogP contribution in [-0.2, 0) is 16.7 Å². The normalized spacial score (nSPS) is 24.4. The van der Waals surface area contributed by atoms with Crippen molar-refractivity contribution in [2.45, 2.75) is 57.1 Å². The molecular formula is C25H36FN2O+. The van der Waals surface area contributed by atoms with Crippen LogP contribution in [0.25, 0.3) is 0 Å². The second-order valence-electron chi connectivity index (χ2n) is 8.96. The maximum Gasteiger partial charge on any atom is 0.123 e. The van der Waals surface area contributed by atoms with Crippen molar-refractivity contribution in [2.24, 2.45) is 0 Å². The fraction of sp³-hybridized carbons (Fsp3) is 0.520. The summed E-state index contributed by atoms with van der Waals surface area (Å²) in [6.45, 7) is 7.22. The van der Waals surface area contributed by atoms with Crippen molar-refractivity contribution in [3.05, 3.63) is 65.5 Å². The maximum atomic E-state index is 13.5. The number of rotatable bonds is 8. The highest BCUT2D eigenvalue weighted by molar-refractivity contribution is 5.45. The summed E-state index contributed by atoms with van der Waals surface area (Å²) in [5.41, 5.74) is 3.78. The van der Waals surface area contributed by atoms with Crippen LogP contribution in [0.5, 0.6) is 0 Å². The zero-order chi connectivity index (χ0) is 20.9. The van der Waals surface area contributed by atoms with Gasteiger partial charge in [-0.2, -0.15) is 0 Å². The topological polar surface area (TPSA) is 29.1 Å². The third kappa shape index (κ3) is 5.37. The molecule has 0 radical (unpaired) electrons. The highest BCUT2D eigenvalue weighted by atomic mass is 19.1. The molecule has 0 saturated carbocycles. The molecule has 3 nitrogen and oxygen atoms in total. The largest absolute Gasteiger partial charge is 0.378 e. The Labute approximate surface area is 175 Å².